The molecule has 5 nitrogen and oxygen atoms in total. The van der Waals surface area contributed by atoms with E-state index < -0.39 is 12.0 Å². The van der Waals surface area contributed by atoms with Gasteiger partial charge in [-0.25, -0.2) is 9.78 Å². The van der Waals surface area contributed by atoms with Gasteiger partial charge < -0.3 is 10.0 Å². The van der Waals surface area contributed by atoms with Gasteiger partial charge in [-0.15, -0.1) is 0 Å². The Balaban J connectivity index is 2.23. The average molecular weight is 217 g/mol. The first-order chi connectivity index (χ1) is 7.72. The summed E-state index contributed by atoms with van der Waals surface area (Å²) in [6.45, 7) is 0.727. The Morgan fingerprint density at radius 1 is 1.62 bits per heavy atom. The fraction of sp³-hybridized carbons (Fsp3) is 0.364. The number of hydrogen-bond acceptors (Lipinski definition) is 4. The second-order valence-corrected chi connectivity index (χ2v) is 3.70. The van der Waals surface area contributed by atoms with E-state index in [0.29, 0.717) is 12.1 Å². The van der Waals surface area contributed by atoms with E-state index in [1.54, 1.807) is 18.3 Å². The van der Waals surface area contributed by atoms with Gasteiger partial charge in [0.15, 0.2) is 0 Å². The summed E-state index contributed by atoms with van der Waals surface area (Å²) in [6, 6.07) is 4.82. The first-order valence-electron chi connectivity index (χ1n) is 5.08. The summed E-state index contributed by atoms with van der Waals surface area (Å²) >= 11 is 0. The Hall–Kier alpha value is -2.09. The zero-order valence-electron chi connectivity index (χ0n) is 8.63. The monoisotopic (exact) mass is 217 g/mol. The van der Waals surface area contributed by atoms with Crippen LogP contribution in [0, 0.1) is 11.3 Å². The van der Waals surface area contributed by atoms with Crippen molar-refractivity contribution in [2.75, 3.05) is 11.4 Å². The van der Waals surface area contributed by atoms with Crippen LogP contribution in [-0.2, 0) is 4.79 Å². The van der Waals surface area contributed by atoms with Crippen LogP contribution < -0.4 is 4.90 Å². The second kappa shape index (κ2) is 4.19. The minimum atomic E-state index is -0.804. The molecule has 1 fully saturated rings. The molecule has 16 heavy (non-hydrogen) atoms. The minimum Gasteiger partial charge on any atom is -0.480 e. The molecule has 0 aliphatic carbocycles. The lowest BCUT2D eigenvalue weighted by atomic mass is 10.2. The predicted octanol–water partition coefficient (Wildman–Crippen LogP) is 1.01. The number of nitrogens with zero attached hydrogens (tertiary/aromatic N) is 3. The Labute approximate surface area is 92.9 Å². The van der Waals surface area contributed by atoms with Gasteiger partial charge in [0.25, 0.3) is 0 Å². The van der Waals surface area contributed by atoms with Crippen LogP contribution in [0.3, 0.4) is 0 Å². The van der Waals surface area contributed by atoms with E-state index in [1.165, 1.54) is 0 Å². The van der Waals surface area contributed by atoms with Crippen molar-refractivity contribution in [1.82, 2.24) is 4.98 Å². The molecular weight excluding hydrogens is 206 g/mol. The van der Waals surface area contributed by atoms with Crippen molar-refractivity contribution in [2.24, 2.45) is 0 Å². The molecule has 5 heteroatoms. The van der Waals surface area contributed by atoms with Gasteiger partial charge in [-0.05, 0) is 25.0 Å². The highest BCUT2D eigenvalue weighted by Gasteiger charge is 2.30. The summed E-state index contributed by atoms with van der Waals surface area (Å²) < 4.78 is 0. The van der Waals surface area contributed by atoms with Crippen LogP contribution in [-0.4, -0.2) is 28.6 Å². The molecule has 0 radical (unpaired) electrons. The third-order valence-corrected chi connectivity index (χ3v) is 2.73. The number of nitriles is 1. The molecule has 0 spiro atoms. The van der Waals surface area contributed by atoms with E-state index in [-0.39, 0.29) is 0 Å². The third-order valence-electron chi connectivity index (χ3n) is 2.73. The van der Waals surface area contributed by atoms with Crippen LogP contribution in [0.4, 0.5) is 5.69 Å². The number of carbonyl (C=O) groups is 1. The molecular formula is C11H11N3O2. The summed E-state index contributed by atoms with van der Waals surface area (Å²) in [7, 11) is 0. The molecule has 1 N–H and O–H groups in total. The van der Waals surface area contributed by atoms with Gasteiger partial charge in [-0.1, -0.05) is 0 Å². The molecule has 1 aliphatic rings. The molecule has 2 heterocycles. The highest BCUT2D eigenvalue weighted by atomic mass is 16.4. The molecule has 82 valence electrons. The normalized spacial score (nSPS) is 19.4. The van der Waals surface area contributed by atoms with Crippen molar-refractivity contribution < 1.29 is 9.90 Å². The number of aliphatic carboxylic acids is 1. The van der Waals surface area contributed by atoms with Crippen molar-refractivity contribution in [1.29, 1.82) is 5.26 Å². The molecule has 1 aromatic heterocycles. The smallest absolute Gasteiger partial charge is 0.326 e. The summed E-state index contributed by atoms with van der Waals surface area (Å²) in [5.41, 5.74) is 1.11. The van der Waals surface area contributed by atoms with Gasteiger partial charge in [-0.2, -0.15) is 5.26 Å². The lowest BCUT2D eigenvalue weighted by Gasteiger charge is -2.22. The van der Waals surface area contributed by atoms with E-state index in [1.807, 2.05) is 11.0 Å². The highest BCUT2D eigenvalue weighted by molar-refractivity contribution is 5.78. The maximum Gasteiger partial charge on any atom is 0.326 e. The summed E-state index contributed by atoms with van der Waals surface area (Å²) in [4.78, 5) is 16.7. The molecule has 0 aromatic carbocycles. The fourth-order valence-corrected chi connectivity index (χ4v) is 1.95. The van der Waals surface area contributed by atoms with Gasteiger partial charge in [0, 0.05) is 6.54 Å². The van der Waals surface area contributed by atoms with Crippen molar-refractivity contribution in [2.45, 2.75) is 18.9 Å². The molecule has 1 atom stereocenters. The molecule has 1 aliphatic heterocycles. The predicted molar refractivity (Wildman–Crippen MR) is 57.0 cm³/mol. The van der Waals surface area contributed by atoms with Gasteiger partial charge >= 0.3 is 5.97 Å². The van der Waals surface area contributed by atoms with E-state index in [0.717, 1.165) is 18.7 Å². The highest BCUT2D eigenvalue weighted by Crippen LogP contribution is 2.24. The number of pyridine rings is 1. The number of hydrogen-bond donors (Lipinski definition) is 1. The summed E-state index contributed by atoms with van der Waals surface area (Å²) in [5, 5.41) is 17.6. The van der Waals surface area contributed by atoms with Crippen LogP contribution in [0.15, 0.2) is 18.3 Å². The molecule has 0 amide bonds. The van der Waals surface area contributed by atoms with Crippen LogP contribution >= 0.6 is 0 Å². The zero-order chi connectivity index (χ0) is 11.5. The Bertz CT molecular complexity index is 436. The van der Waals surface area contributed by atoms with Crippen molar-refractivity contribution in [3.05, 3.63) is 24.0 Å². The van der Waals surface area contributed by atoms with Crippen LogP contribution in [0.2, 0.25) is 0 Å². The minimum absolute atomic E-state index is 0.342. The molecule has 1 unspecified atom stereocenters. The largest absolute Gasteiger partial charge is 0.480 e. The molecule has 2 rings (SSSR count). The molecule has 1 saturated heterocycles. The van der Waals surface area contributed by atoms with Crippen LogP contribution in [0.5, 0.6) is 0 Å². The van der Waals surface area contributed by atoms with E-state index in [9.17, 15) is 4.79 Å². The number of carboxylic acids is 1. The average Bonchev–Trinajstić information content (AvgIpc) is 2.78. The summed E-state index contributed by atoms with van der Waals surface area (Å²) in [5.74, 6) is -0.804. The van der Waals surface area contributed by atoms with Crippen molar-refractivity contribution in [3.8, 4) is 6.07 Å². The fourth-order valence-electron chi connectivity index (χ4n) is 1.95. The lowest BCUT2D eigenvalue weighted by Crippen LogP contribution is -2.35. The van der Waals surface area contributed by atoms with Gasteiger partial charge in [0.05, 0.1) is 11.9 Å². The molecule has 1 aromatic rings. The third kappa shape index (κ3) is 1.82. The number of carboxylic acid groups (broad SMARTS) is 1. The second-order valence-electron chi connectivity index (χ2n) is 3.70. The number of anilines is 1. The maximum absolute atomic E-state index is 11.0. The van der Waals surface area contributed by atoms with Crippen LogP contribution in [0.25, 0.3) is 0 Å². The zero-order valence-corrected chi connectivity index (χ0v) is 8.63. The lowest BCUT2D eigenvalue weighted by molar-refractivity contribution is -0.138. The van der Waals surface area contributed by atoms with E-state index in [2.05, 4.69) is 4.98 Å². The maximum atomic E-state index is 11.0. The Kier molecular flexibility index (Phi) is 2.73. The first-order valence-corrected chi connectivity index (χ1v) is 5.08. The quantitative estimate of drug-likeness (QED) is 0.799. The molecule has 0 saturated carbocycles. The van der Waals surface area contributed by atoms with E-state index in [4.69, 9.17) is 10.4 Å². The Morgan fingerprint density at radius 2 is 2.44 bits per heavy atom. The number of aromatic nitrogens is 1. The standard InChI is InChI=1S/C11H11N3O2/c12-6-8-3-4-9(7-13-8)14-5-1-2-10(14)11(15)16/h3-4,7,10H,1-2,5H2,(H,15,16). The van der Waals surface area contributed by atoms with Crippen molar-refractivity contribution in [3.63, 3.8) is 0 Å². The van der Waals surface area contributed by atoms with Gasteiger partial charge in [0.1, 0.15) is 17.8 Å². The van der Waals surface area contributed by atoms with E-state index >= 15 is 0 Å². The first kappa shape index (κ1) is 10.4. The van der Waals surface area contributed by atoms with Crippen molar-refractivity contribution >= 4 is 11.7 Å². The van der Waals surface area contributed by atoms with Gasteiger partial charge in [-0.3, -0.25) is 0 Å². The van der Waals surface area contributed by atoms with Crippen LogP contribution in [0.1, 0.15) is 18.5 Å². The number of rotatable bonds is 2. The SMILES string of the molecule is N#Cc1ccc(N2CCCC2C(=O)O)cn1. The van der Waals surface area contributed by atoms with Gasteiger partial charge in [0.2, 0.25) is 0 Å². The molecule has 0 bridgehead atoms. The summed E-state index contributed by atoms with van der Waals surface area (Å²) in [6.07, 6.45) is 3.09. The topological polar surface area (TPSA) is 77.2 Å². The Morgan fingerprint density at radius 3 is 3.00 bits per heavy atom.